The summed E-state index contributed by atoms with van der Waals surface area (Å²) in [5.74, 6) is 0.381. The van der Waals surface area contributed by atoms with Gasteiger partial charge in [-0.15, -0.1) is 0 Å². The largest absolute Gasteiger partial charge is 0.496 e. The van der Waals surface area contributed by atoms with Gasteiger partial charge in [-0.25, -0.2) is 4.39 Å². The average Bonchev–Trinajstić information content (AvgIpc) is 3.36. The number of carbonyl (C=O) groups is 1. The van der Waals surface area contributed by atoms with E-state index in [0.717, 1.165) is 71.8 Å². The van der Waals surface area contributed by atoms with Crippen LogP contribution in [0.3, 0.4) is 0 Å². The number of piperazine rings is 1. The summed E-state index contributed by atoms with van der Waals surface area (Å²) in [7, 11) is 3.12. The monoisotopic (exact) mass is 528 g/mol. The van der Waals surface area contributed by atoms with Crippen molar-refractivity contribution < 1.29 is 18.7 Å². The van der Waals surface area contributed by atoms with Crippen LogP contribution in [0.25, 0.3) is 10.9 Å². The normalized spacial score (nSPS) is 19.6. The number of nitrogens with zero attached hydrogens (tertiary/aromatic N) is 2. The highest BCUT2D eigenvalue weighted by atomic mass is 19.1. The van der Waals surface area contributed by atoms with Gasteiger partial charge in [0.2, 0.25) is 0 Å². The van der Waals surface area contributed by atoms with Crippen molar-refractivity contribution in [2.45, 2.75) is 25.0 Å². The van der Waals surface area contributed by atoms with Crippen LogP contribution in [0.2, 0.25) is 0 Å². The van der Waals surface area contributed by atoms with Gasteiger partial charge in [0, 0.05) is 61.3 Å². The Balaban J connectivity index is 1.27. The number of methoxy groups -OCH3 is 2. The number of hydrogen-bond donors (Lipinski definition) is 2. The van der Waals surface area contributed by atoms with Gasteiger partial charge in [-0.1, -0.05) is 36.4 Å². The molecule has 1 saturated heterocycles. The van der Waals surface area contributed by atoms with Crippen molar-refractivity contribution in [3.05, 3.63) is 94.9 Å². The lowest BCUT2D eigenvalue weighted by Gasteiger charge is -2.36. The fourth-order valence-corrected chi connectivity index (χ4v) is 5.99. The molecule has 0 bridgehead atoms. The van der Waals surface area contributed by atoms with Crippen LogP contribution in [0, 0.1) is 5.82 Å². The second kappa shape index (κ2) is 10.7. The highest BCUT2D eigenvalue weighted by molar-refractivity contribution is 5.87. The second-order valence-corrected chi connectivity index (χ2v) is 10.2. The molecular formula is C31H33FN4O3. The molecule has 0 amide bonds. The highest BCUT2D eigenvalue weighted by Gasteiger charge is 2.35. The number of aromatic nitrogens is 1. The predicted molar refractivity (Wildman–Crippen MR) is 150 cm³/mol. The molecule has 0 saturated carbocycles. The van der Waals surface area contributed by atoms with Crippen LogP contribution in [0.15, 0.2) is 66.7 Å². The molecule has 2 N–H and O–H groups in total. The van der Waals surface area contributed by atoms with Crippen LogP contribution in [0.4, 0.5) is 10.1 Å². The summed E-state index contributed by atoms with van der Waals surface area (Å²) in [6, 6.07) is 20.8. The van der Waals surface area contributed by atoms with Gasteiger partial charge in [-0.05, 0) is 41.5 Å². The first-order chi connectivity index (χ1) is 19.1. The summed E-state index contributed by atoms with van der Waals surface area (Å²) in [5, 5.41) is 4.67. The summed E-state index contributed by atoms with van der Waals surface area (Å²) >= 11 is 0. The van der Waals surface area contributed by atoms with Crippen molar-refractivity contribution in [1.82, 2.24) is 15.2 Å². The highest BCUT2D eigenvalue weighted by Crippen LogP contribution is 2.37. The number of hydrogen-bond acceptors (Lipinski definition) is 6. The van der Waals surface area contributed by atoms with E-state index in [1.54, 1.807) is 13.2 Å². The minimum Gasteiger partial charge on any atom is -0.496 e. The van der Waals surface area contributed by atoms with Crippen LogP contribution in [0.5, 0.6) is 5.75 Å². The van der Waals surface area contributed by atoms with E-state index in [2.05, 4.69) is 44.4 Å². The van der Waals surface area contributed by atoms with E-state index in [1.165, 1.54) is 13.2 Å². The summed E-state index contributed by atoms with van der Waals surface area (Å²) in [6.07, 6.45) is 0.567. The molecular weight excluding hydrogens is 495 g/mol. The number of anilines is 1. The molecule has 39 heavy (non-hydrogen) atoms. The van der Waals surface area contributed by atoms with Crippen LogP contribution < -0.4 is 15.0 Å². The summed E-state index contributed by atoms with van der Waals surface area (Å²) in [6.45, 7) is 3.87. The molecule has 0 spiro atoms. The fourth-order valence-electron chi connectivity index (χ4n) is 5.99. The fraction of sp³-hybridized carbons (Fsp3) is 0.323. The molecule has 2 unspecified atom stereocenters. The third-order valence-corrected chi connectivity index (χ3v) is 7.99. The van der Waals surface area contributed by atoms with E-state index in [0.29, 0.717) is 12.1 Å². The van der Waals surface area contributed by atoms with E-state index in [-0.39, 0.29) is 17.8 Å². The number of ether oxygens (including phenoxy) is 2. The molecule has 4 aromatic rings. The third-order valence-electron chi connectivity index (χ3n) is 7.99. The lowest BCUT2D eigenvalue weighted by molar-refractivity contribution is -0.143. The maximum Gasteiger partial charge on any atom is 0.323 e. The minimum absolute atomic E-state index is 0.179. The number of benzene rings is 3. The maximum absolute atomic E-state index is 14.3. The first-order valence-electron chi connectivity index (χ1n) is 13.4. The zero-order chi connectivity index (χ0) is 26.9. The number of fused-ring (bicyclic) bond motifs is 3. The maximum atomic E-state index is 14.3. The Morgan fingerprint density at radius 3 is 2.54 bits per heavy atom. The Morgan fingerprint density at radius 1 is 1.00 bits per heavy atom. The van der Waals surface area contributed by atoms with Crippen molar-refractivity contribution in [3.8, 4) is 5.75 Å². The number of H-pyrrole nitrogens is 1. The Hall–Kier alpha value is -3.88. The number of carbonyl (C=O) groups excluding carboxylic acids is 1. The molecule has 1 fully saturated rings. The van der Waals surface area contributed by atoms with Crippen molar-refractivity contribution >= 4 is 22.6 Å². The van der Waals surface area contributed by atoms with E-state index in [4.69, 9.17) is 9.47 Å². The number of halogens is 1. The van der Waals surface area contributed by atoms with E-state index < -0.39 is 6.04 Å². The van der Waals surface area contributed by atoms with Crippen LogP contribution >= 0.6 is 0 Å². The van der Waals surface area contributed by atoms with Gasteiger partial charge in [0.15, 0.2) is 0 Å². The molecule has 2 aliphatic heterocycles. The Kier molecular flexibility index (Phi) is 6.97. The molecule has 3 aromatic carbocycles. The first kappa shape index (κ1) is 25.4. The molecule has 2 atom stereocenters. The summed E-state index contributed by atoms with van der Waals surface area (Å²) in [4.78, 5) is 20.7. The van der Waals surface area contributed by atoms with Gasteiger partial charge in [-0.2, -0.15) is 0 Å². The topological polar surface area (TPSA) is 69.8 Å². The van der Waals surface area contributed by atoms with Crippen molar-refractivity contribution in [2.24, 2.45) is 0 Å². The molecule has 8 heteroatoms. The van der Waals surface area contributed by atoms with E-state index >= 15 is 0 Å². The van der Waals surface area contributed by atoms with Gasteiger partial charge in [0.05, 0.1) is 25.9 Å². The molecule has 0 aliphatic carbocycles. The third kappa shape index (κ3) is 4.86. The predicted octanol–water partition coefficient (Wildman–Crippen LogP) is 4.41. The lowest BCUT2D eigenvalue weighted by Crippen LogP contribution is -2.46. The van der Waals surface area contributed by atoms with Crippen LogP contribution in [-0.4, -0.2) is 62.3 Å². The number of aromatic amines is 1. The Labute approximate surface area is 227 Å². The van der Waals surface area contributed by atoms with Gasteiger partial charge in [0.25, 0.3) is 0 Å². The van der Waals surface area contributed by atoms with Crippen molar-refractivity contribution in [3.63, 3.8) is 0 Å². The zero-order valence-corrected chi connectivity index (χ0v) is 22.2. The quantitative estimate of drug-likeness (QED) is 0.361. The number of esters is 1. The molecule has 6 rings (SSSR count). The van der Waals surface area contributed by atoms with Gasteiger partial charge < -0.3 is 19.4 Å². The van der Waals surface area contributed by atoms with Crippen LogP contribution in [0.1, 0.15) is 28.4 Å². The Bertz CT molecular complexity index is 1490. The molecule has 1 aromatic heterocycles. The molecule has 202 valence electrons. The van der Waals surface area contributed by atoms with Gasteiger partial charge >= 0.3 is 5.97 Å². The minimum atomic E-state index is -0.441. The Morgan fingerprint density at radius 2 is 1.77 bits per heavy atom. The van der Waals surface area contributed by atoms with Gasteiger partial charge in [0.1, 0.15) is 17.6 Å². The SMILES string of the molecule is COC(=O)C1Cc2c([nH]c3ccccc23)C(c2ccc(OC)c(CN3CCN(c4ccccc4F)CC3)c2)N1. The number of nitrogens with one attached hydrogen (secondary N) is 2. The average molecular weight is 529 g/mol. The molecule has 0 radical (unpaired) electrons. The zero-order valence-electron chi connectivity index (χ0n) is 22.2. The van der Waals surface area contributed by atoms with Crippen molar-refractivity contribution in [1.29, 1.82) is 0 Å². The number of para-hydroxylation sites is 2. The van der Waals surface area contributed by atoms with E-state index in [1.807, 2.05) is 30.3 Å². The standard InChI is InChI=1S/C31H33FN4O3/c1-38-28-12-11-20(17-21(28)19-35-13-15-36(16-14-35)27-10-6-4-8-24(27)32)29-30-23(18-26(34-29)31(37)39-2)22-7-3-5-9-25(22)33-30/h3-12,17,26,29,33-34H,13-16,18-19H2,1-2H3. The number of rotatable bonds is 6. The van der Waals surface area contributed by atoms with Crippen LogP contribution in [-0.2, 0) is 22.5 Å². The van der Waals surface area contributed by atoms with E-state index in [9.17, 15) is 9.18 Å². The molecule has 7 nitrogen and oxygen atoms in total. The summed E-state index contributed by atoms with van der Waals surface area (Å²) < 4.78 is 25.2. The smallest absolute Gasteiger partial charge is 0.323 e. The molecule has 3 heterocycles. The second-order valence-electron chi connectivity index (χ2n) is 10.2. The van der Waals surface area contributed by atoms with Gasteiger partial charge in [-0.3, -0.25) is 15.0 Å². The summed E-state index contributed by atoms with van der Waals surface area (Å²) in [5.41, 5.74) is 6.07. The first-order valence-corrected chi connectivity index (χ1v) is 13.4. The molecule has 2 aliphatic rings. The lowest BCUT2D eigenvalue weighted by atomic mass is 9.89. The van der Waals surface area contributed by atoms with Crippen molar-refractivity contribution in [2.75, 3.05) is 45.3 Å².